The molecule has 1 aromatic heterocycles. The Hall–Kier alpha value is -1.84. The average Bonchev–Trinajstić information content (AvgIpc) is 2.39. The summed E-state index contributed by atoms with van der Waals surface area (Å²) in [5.41, 5.74) is 8.30. The van der Waals surface area contributed by atoms with E-state index < -0.39 is 5.97 Å². The standard InChI is InChI=1S/C13H16N2O2/c1-17-13(16)12-10(14)7-8-11(15-12)9-5-3-2-4-6-9/h5,7-8H,2-4,6,14H2,1H3. The van der Waals surface area contributed by atoms with Gasteiger partial charge in [-0.2, -0.15) is 0 Å². The molecule has 90 valence electrons. The highest BCUT2D eigenvalue weighted by atomic mass is 16.5. The van der Waals surface area contributed by atoms with Crippen LogP contribution in [0.3, 0.4) is 0 Å². The van der Waals surface area contributed by atoms with Gasteiger partial charge in [-0.3, -0.25) is 0 Å². The Morgan fingerprint density at radius 1 is 1.41 bits per heavy atom. The van der Waals surface area contributed by atoms with E-state index in [-0.39, 0.29) is 5.69 Å². The van der Waals surface area contributed by atoms with Gasteiger partial charge in [0.05, 0.1) is 18.5 Å². The lowest BCUT2D eigenvalue weighted by Gasteiger charge is -2.13. The number of allylic oxidation sites excluding steroid dienone is 2. The lowest BCUT2D eigenvalue weighted by molar-refractivity contribution is 0.0595. The third kappa shape index (κ3) is 2.46. The van der Waals surface area contributed by atoms with Gasteiger partial charge in [-0.15, -0.1) is 0 Å². The van der Waals surface area contributed by atoms with Crippen LogP contribution in [0, 0.1) is 0 Å². The van der Waals surface area contributed by atoms with Crippen molar-refractivity contribution in [3.8, 4) is 0 Å². The van der Waals surface area contributed by atoms with Crippen LogP contribution in [0.4, 0.5) is 5.69 Å². The van der Waals surface area contributed by atoms with E-state index in [4.69, 9.17) is 5.73 Å². The molecule has 0 saturated carbocycles. The molecule has 0 saturated heterocycles. The van der Waals surface area contributed by atoms with Crippen molar-refractivity contribution in [1.29, 1.82) is 0 Å². The molecular formula is C13H16N2O2. The first-order valence-electron chi connectivity index (χ1n) is 5.76. The Morgan fingerprint density at radius 3 is 2.88 bits per heavy atom. The summed E-state index contributed by atoms with van der Waals surface area (Å²) in [5.74, 6) is -0.485. The van der Waals surface area contributed by atoms with Gasteiger partial charge < -0.3 is 10.5 Å². The molecule has 4 nitrogen and oxygen atoms in total. The summed E-state index contributed by atoms with van der Waals surface area (Å²) in [6.45, 7) is 0. The van der Waals surface area contributed by atoms with E-state index in [2.05, 4.69) is 15.8 Å². The normalized spacial score (nSPS) is 15.2. The van der Waals surface area contributed by atoms with Crippen molar-refractivity contribution in [2.45, 2.75) is 25.7 Å². The number of ether oxygens (including phenoxy) is 1. The molecule has 4 heteroatoms. The van der Waals surface area contributed by atoms with Gasteiger partial charge in [-0.25, -0.2) is 9.78 Å². The van der Waals surface area contributed by atoms with Crippen LogP contribution in [0.5, 0.6) is 0 Å². The monoisotopic (exact) mass is 232 g/mol. The molecule has 0 atom stereocenters. The number of nitrogens with zero attached hydrogens (tertiary/aromatic N) is 1. The van der Waals surface area contributed by atoms with Crippen LogP contribution in [-0.4, -0.2) is 18.1 Å². The first kappa shape index (κ1) is 11.6. The van der Waals surface area contributed by atoms with E-state index in [1.807, 2.05) is 6.07 Å². The summed E-state index contributed by atoms with van der Waals surface area (Å²) in [5, 5.41) is 0. The predicted molar refractivity (Wildman–Crippen MR) is 66.4 cm³/mol. The van der Waals surface area contributed by atoms with E-state index in [0.29, 0.717) is 5.69 Å². The maximum atomic E-state index is 11.5. The molecule has 0 radical (unpaired) electrons. The minimum atomic E-state index is -0.485. The molecule has 0 aromatic carbocycles. The first-order chi connectivity index (χ1) is 8.22. The maximum Gasteiger partial charge on any atom is 0.358 e. The van der Waals surface area contributed by atoms with Crippen LogP contribution >= 0.6 is 0 Å². The lowest BCUT2D eigenvalue weighted by atomic mass is 9.96. The quantitative estimate of drug-likeness (QED) is 0.795. The highest BCUT2D eigenvalue weighted by molar-refractivity contribution is 5.93. The number of pyridine rings is 1. The van der Waals surface area contributed by atoms with E-state index in [1.165, 1.54) is 25.5 Å². The van der Waals surface area contributed by atoms with Crippen molar-refractivity contribution in [3.63, 3.8) is 0 Å². The third-order valence-corrected chi connectivity index (χ3v) is 2.93. The van der Waals surface area contributed by atoms with Crippen LogP contribution in [0.1, 0.15) is 41.9 Å². The molecule has 0 fully saturated rings. The van der Waals surface area contributed by atoms with E-state index in [0.717, 1.165) is 18.5 Å². The van der Waals surface area contributed by atoms with Crippen LogP contribution in [0.25, 0.3) is 5.57 Å². The van der Waals surface area contributed by atoms with Gasteiger partial charge in [-0.05, 0) is 43.4 Å². The summed E-state index contributed by atoms with van der Waals surface area (Å²) in [7, 11) is 1.33. The van der Waals surface area contributed by atoms with Gasteiger partial charge in [0.25, 0.3) is 0 Å². The second kappa shape index (κ2) is 4.99. The Labute approximate surface area is 100 Å². The van der Waals surface area contributed by atoms with Crippen LogP contribution in [-0.2, 0) is 4.74 Å². The zero-order chi connectivity index (χ0) is 12.3. The highest BCUT2D eigenvalue weighted by Crippen LogP contribution is 2.26. The average molecular weight is 232 g/mol. The minimum Gasteiger partial charge on any atom is -0.464 e. The number of nitrogens with two attached hydrogens (primary N) is 1. The lowest BCUT2D eigenvalue weighted by Crippen LogP contribution is -2.10. The Balaban J connectivity index is 2.36. The Morgan fingerprint density at radius 2 is 2.24 bits per heavy atom. The molecule has 2 N–H and O–H groups in total. The maximum absolute atomic E-state index is 11.5. The molecule has 0 bridgehead atoms. The molecule has 1 aromatic rings. The number of nitrogen functional groups attached to an aromatic ring is 1. The van der Waals surface area contributed by atoms with Crippen LogP contribution < -0.4 is 5.73 Å². The number of hydrogen-bond acceptors (Lipinski definition) is 4. The molecule has 17 heavy (non-hydrogen) atoms. The molecule has 0 unspecified atom stereocenters. The third-order valence-electron chi connectivity index (χ3n) is 2.93. The fraction of sp³-hybridized carbons (Fsp3) is 0.385. The fourth-order valence-corrected chi connectivity index (χ4v) is 1.98. The van der Waals surface area contributed by atoms with Crippen LogP contribution in [0.15, 0.2) is 18.2 Å². The largest absolute Gasteiger partial charge is 0.464 e. The summed E-state index contributed by atoms with van der Waals surface area (Å²) in [6.07, 6.45) is 6.67. The van der Waals surface area contributed by atoms with Gasteiger partial charge >= 0.3 is 5.97 Å². The number of carbonyl (C=O) groups excluding carboxylic acids is 1. The molecule has 1 aliphatic carbocycles. The molecule has 0 spiro atoms. The van der Waals surface area contributed by atoms with Crippen molar-refractivity contribution < 1.29 is 9.53 Å². The smallest absolute Gasteiger partial charge is 0.358 e. The topological polar surface area (TPSA) is 65.2 Å². The van der Waals surface area contributed by atoms with Gasteiger partial charge in [0.1, 0.15) is 0 Å². The van der Waals surface area contributed by atoms with Crippen molar-refractivity contribution in [3.05, 3.63) is 29.6 Å². The number of methoxy groups -OCH3 is 1. The van der Waals surface area contributed by atoms with Crippen molar-refractivity contribution in [2.75, 3.05) is 12.8 Å². The van der Waals surface area contributed by atoms with Gasteiger partial charge in [0.15, 0.2) is 5.69 Å². The number of aromatic nitrogens is 1. The number of carbonyl (C=O) groups is 1. The SMILES string of the molecule is COC(=O)c1nc(C2=CCCCC2)ccc1N. The van der Waals surface area contributed by atoms with Crippen LogP contribution in [0.2, 0.25) is 0 Å². The number of hydrogen-bond donors (Lipinski definition) is 1. The molecule has 0 aliphatic heterocycles. The van der Waals surface area contributed by atoms with Crippen molar-refractivity contribution >= 4 is 17.2 Å². The van der Waals surface area contributed by atoms with Crippen molar-refractivity contribution in [2.24, 2.45) is 0 Å². The fourth-order valence-electron chi connectivity index (χ4n) is 1.98. The zero-order valence-electron chi connectivity index (χ0n) is 9.90. The van der Waals surface area contributed by atoms with E-state index in [1.54, 1.807) is 6.07 Å². The van der Waals surface area contributed by atoms with E-state index >= 15 is 0 Å². The first-order valence-corrected chi connectivity index (χ1v) is 5.76. The number of anilines is 1. The second-order valence-electron chi connectivity index (χ2n) is 4.10. The Kier molecular flexibility index (Phi) is 3.42. The van der Waals surface area contributed by atoms with Crippen molar-refractivity contribution in [1.82, 2.24) is 4.98 Å². The molecule has 1 aliphatic rings. The number of rotatable bonds is 2. The molecule has 1 heterocycles. The van der Waals surface area contributed by atoms with Gasteiger partial charge in [0, 0.05) is 0 Å². The summed E-state index contributed by atoms with van der Waals surface area (Å²) >= 11 is 0. The summed E-state index contributed by atoms with van der Waals surface area (Å²) in [4.78, 5) is 15.8. The Bertz CT molecular complexity index is 466. The minimum absolute atomic E-state index is 0.205. The zero-order valence-corrected chi connectivity index (χ0v) is 9.90. The summed E-state index contributed by atoms with van der Waals surface area (Å²) in [6, 6.07) is 3.57. The van der Waals surface area contributed by atoms with Gasteiger partial charge in [0.2, 0.25) is 0 Å². The summed E-state index contributed by atoms with van der Waals surface area (Å²) < 4.78 is 4.66. The van der Waals surface area contributed by atoms with Gasteiger partial charge in [-0.1, -0.05) is 6.08 Å². The number of esters is 1. The van der Waals surface area contributed by atoms with E-state index in [9.17, 15) is 4.79 Å². The molecule has 2 rings (SSSR count). The predicted octanol–water partition coefficient (Wildman–Crippen LogP) is 2.41. The molecular weight excluding hydrogens is 216 g/mol. The molecule has 0 amide bonds. The second-order valence-corrected chi connectivity index (χ2v) is 4.10. The highest BCUT2D eigenvalue weighted by Gasteiger charge is 2.15.